The van der Waals surface area contributed by atoms with Crippen LogP contribution in [0.4, 0.5) is 11.9 Å². The molecule has 18 heavy (non-hydrogen) atoms. The molecule has 0 saturated heterocycles. The molecule has 0 bridgehead atoms. The summed E-state index contributed by atoms with van der Waals surface area (Å²) >= 11 is 5.81. The van der Waals surface area contributed by atoms with Crippen molar-refractivity contribution in [3.05, 3.63) is 5.28 Å². The average molecular weight is 274 g/mol. The summed E-state index contributed by atoms with van der Waals surface area (Å²) in [5.41, 5.74) is -0.0355. The van der Waals surface area contributed by atoms with E-state index in [-0.39, 0.29) is 17.3 Å². The fourth-order valence-electron chi connectivity index (χ4n) is 1.38. The number of rotatable bonds is 7. The average Bonchev–Trinajstić information content (AvgIpc) is 2.26. The zero-order chi connectivity index (χ0) is 13.6. The Labute approximate surface area is 112 Å². The number of nitrogens with zero attached hydrogens (tertiary/aromatic N) is 3. The van der Waals surface area contributed by atoms with E-state index in [1.807, 2.05) is 6.92 Å². The smallest absolute Gasteiger partial charge is 0.228 e. The molecule has 102 valence electrons. The molecule has 0 spiro atoms. The molecule has 1 aromatic rings. The van der Waals surface area contributed by atoms with Gasteiger partial charge in [0.2, 0.25) is 17.2 Å². The van der Waals surface area contributed by atoms with E-state index in [1.165, 1.54) is 0 Å². The van der Waals surface area contributed by atoms with Gasteiger partial charge in [0.25, 0.3) is 0 Å². The summed E-state index contributed by atoms with van der Waals surface area (Å²) in [4.78, 5) is 12.2. The van der Waals surface area contributed by atoms with Crippen LogP contribution in [-0.2, 0) is 0 Å². The number of aliphatic hydroxyl groups excluding tert-OH is 1. The summed E-state index contributed by atoms with van der Waals surface area (Å²) in [7, 11) is 0. The van der Waals surface area contributed by atoms with E-state index in [0.29, 0.717) is 24.9 Å². The van der Waals surface area contributed by atoms with E-state index in [9.17, 15) is 0 Å². The Hall–Kier alpha value is -1.14. The lowest BCUT2D eigenvalue weighted by Gasteiger charge is -2.23. The molecule has 0 aliphatic heterocycles. The molecule has 0 aliphatic rings. The normalized spacial score (nSPS) is 11.4. The van der Waals surface area contributed by atoms with Crippen LogP contribution < -0.4 is 10.6 Å². The third-order valence-electron chi connectivity index (χ3n) is 2.46. The molecule has 1 rings (SSSR count). The maximum Gasteiger partial charge on any atom is 0.228 e. The van der Waals surface area contributed by atoms with Gasteiger partial charge in [-0.15, -0.1) is 0 Å². The number of anilines is 2. The van der Waals surface area contributed by atoms with Crippen LogP contribution in [0.1, 0.15) is 27.2 Å². The molecule has 0 aliphatic carbocycles. The first-order valence-corrected chi connectivity index (χ1v) is 6.35. The van der Waals surface area contributed by atoms with Gasteiger partial charge in [0.1, 0.15) is 0 Å². The minimum atomic E-state index is -0.0355. The molecule has 0 aromatic carbocycles. The van der Waals surface area contributed by atoms with Crippen LogP contribution in [0.25, 0.3) is 0 Å². The van der Waals surface area contributed by atoms with Gasteiger partial charge >= 0.3 is 0 Å². The standard InChI is InChI=1S/C11H20ClN5O/c1-4-13-9-15-8(12)16-10(17-9)14-7-11(2,3)5-6-18/h18H,4-7H2,1-3H3,(H2,13,14,15,16,17). The Bertz CT molecular complexity index is 386. The molecule has 0 amide bonds. The van der Waals surface area contributed by atoms with Crippen LogP contribution in [0.15, 0.2) is 0 Å². The topological polar surface area (TPSA) is 83.0 Å². The van der Waals surface area contributed by atoms with Gasteiger partial charge in [-0.3, -0.25) is 0 Å². The Morgan fingerprint density at radius 2 is 1.78 bits per heavy atom. The molecule has 3 N–H and O–H groups in total. The van der Waals surface area contributed by atoms with Crippen LogP contribution in [0.3, 0.4) is 0 Å². The van der Waals surface area contributed by atoms with Crippen molar-refractivity contribution in [2.45, 2.75) is 27.2 Å². The van der Waals surface area contributed by atoms with Crippen molar-refractivity contribution in [2.24, 2.45) is 5.41 Å². The van der Waals surface area contributed by atoms with Gasteiger partial charge in [0.05, 0.1) is 0 Å². The fraction of sp³-hybridized carbons (Fsp3) is 0.727. The number of aromatic nitrogens is 3. The van der Waals surface area contributed by atoms with Crippen LogP contribution in [0.5, 0.6) is 0 Å². The number of halogens is 1. The van der Waals surface area contributed by atoms with Crippen LogP contribution >= 0.6 is 11.6 Å². The highest BCUT2D eigenvalue weighted by atomic mass is 35.5. The number of hydrogen-bond acceptors (Lipinski definition) is 6. The van der Waals surface area contributed by atoms with E-state index >= 15 is 0 Å². The zero-order valence-electron chi connectivity index (χ0n) is 11.0. The van der Waals surface area contributed by atoms with Crippen LogP contribution in [-0.4, -0.2) is 39.8 Å². The van der Waals surface area contributed by atoms with Crippen molar-refractivity contribution < 1.29 is 5.11 Å². The highest BCUT2D eigenvalue weighted by molar-refractivity contribution is 6.28. The lowest BCUT2D eigenvalue weighted by atomic mass is 9.90. The second kappa shape index (κ2) is 6.70. The number of hydrogen-bond donors (Lipinski definition) is 3. The second-order valence-corrected chi connectivity index (χ2v) is 5.11. The van der Waals surface area contributed by atoms with Crippen LogP contribution in [0, 0.1) is 5.41 Å². The Morgan fingerprint density at radius 1 is 1.17 bits per heavy atom. The van der Waals surface area contributed by atoms with Gasteiger partial charge < -0.3 is 15.7 Å². The predicted octanol–water partition coefficient (Wildman–Crippen LogP) is 1.78. The third-order valence-corrected chi connectivity index (χ3v) is 2.63. The summed E-state index contributed by atoms with van der Waals surface area (Å²) in [6, 6.07) is 0. The molecule has 1 aromatic heterocycles. The largest absolute Gasteiger partial charge is 0.396 e. The molecule has 1 heterocycles. The quantitative estimate of drug-likeness (QED) is 0.702. The monoisotopic (exact) mass is 273 g/mol. The summed E-state index contributed by atoms with van der Waals surface area (Å²) in [5, 5.41) is 15.2. The van der Waals surface area contributed by atoms with Gasteiger partial charge in [0.15, 0.2) is 0 Å². The summed E-state index contributed by atoms with van der Waals surface area (Å²) in [5.74, 6) is 0.900. The molecule has 0 unspecified atom stereocenters. The second-order valence-electron chi connectivity index (χ2n) is 4.77. The first-order valence-electron chi connectivity index (χ1n) is 5.97. The Balaban J connectivity index is 2.66. The summed E-state index contributed by atoms with van der Waals surface area (Å²) < 4.78 is 0. The van der Waals surface area contributed by atoms with Crippen molar-refractivity contribution in [1.29, 1.82) is 0 Å². The molecule has 6 nitrogen and oxygen atoms in total. The van der Waals surface area contributed by atoms with E-state index in [2.05, 4.69) is 39.4 Å². The van der Waals surface area contributed by atoms with E-state index in [1.54, 1.807) is 0 Å². The van der Waals surface area contributed by atoms with Crippen molar-refractivity contribution >= 4 is 23.5 Å². The first kappa shape index (κ1) is 14.9. The summed E-state index contributed by atoms with van der Waals surface area (Å²) in [6.45, 7) is 7.61. The van der Waals surface area contributed by atoms with Crippen molar-refractivity contribution in [1.82, 2.24) is 15.0 Å². The third kappa shape index (κ3) is 5.01. The van der Waals surface area contributed by atoms with Crippen molar-refractivity contribution in [3.8, 4) is 0 Å². The SMILES string of the molecule is CCNc1nc(Cl)nc(NCC(C)(C)CCO)n1. The summed E-state index contributed by atoms with van der Waals surface area (Å²) in [6.07, 6.45) is 0.707. The minimum absolute atomic E-state index is 0.0355. The number of nitrogens with one attached hydrogen (secondary N) is 2. The molecule has 7 heteroatoms. The molecule has 0 radical (unpaired) electrons. The molecule has 0 atom stereocenters. The van der Waals surface area contributed by atoms with Gasteiger partial charge in [-0.2, -0.15) is 15.0 Å². The molecular formula is C11H20ClN5O. The van der Waals surface area contributed by atoms with Crippen LogP contribution in [0.2, 0.25) is 5.28 Å². The molecule has 0 saturated carbocycles. The Morgan fingerprint density at radius 3 is 2.33 bits per heavy atom. The van der Waals surface area contributed by atoms with E-state index in [4.69, 9.17) is 16.7 Å². The van der Waals surface area contributed by atoms with Crippen molar-refractivity contribution in [2.75, 3.05) is 30.3 Å². The highest BCUT2D eigenvalue weighted by Gasteiger charge is 2.17. The van der Waals surface area contributed by atoms with Gasteiger partial charge in [-0.25, -0.2) is 0 Å². The maximum absolute atomic E-state index is 8.96. The maximum atomic E-state index is 8.96. The highest BCUT2D eigenvalue weighted by Crippen LogP contribution is 2.20. The lowest BCUT2D eigenvalue weighted by molar-refractivity contribution is 0.220. The number of aliphatic hydroxyl groups is 1. The van der Waals surface area contributed by atoms with Gasteiger partial charge in [-0.05, 0) is 30.4 Å². The fourth-order valence-corrected chi connectivity index (χ4v) is 1.54. The van der Waals surface area contributed by atoms with E-state index in [0.717, 1.165) is 6.54 Å². The lowest BCUT2D eigenvalue weighted by Crippen LogP contribution is -2.25. The predicted molar refractivity (Wildman–Crippen MR) is 73.0 cm³/mol. The zero-order valence-corrected chi connectivity index (χ0v) is 11.8. The minimum Gasteiger partial charge on any atom is -0.396 e. The molecule has 0 fully saturated rings. The Kier molecular flexibility index (Phi) is 5.55. The first-order chi connectivity index (χ1) is 8.46. The van der Waals surface area contributed by atoms with Crippen molar-refractivity contribution in [3.63, 3.8) is 0 Å². The van der Waals surface area contributed by atoms with E-state index < -0.39 is 0 Å². The van der Waals surface area contributed by atoms with Gasteiger partial charge in [-0.1, -0.05) is 13.8 Å². The molecular weight excluding hydrogens is 254 g/mol. The van der Waals surface area contributed by atoms with Gasteiger partial charge in [0, 0.05) is 19.7 Å².